The molecular weight excluding hydrogens is 358 g/mol. The van der Waals surface area contributed by atoms with Crippen molar-refractivity contribution in [2.75, 3.05) is 6.54 Å². The Hall–Kier alpha value is -2.58. The molecule has 0 saturated carbocycles. The number of fused-ring (bicyclic) bond motifs is 2. The Morgan fingerprint density at radius 1 is 1.48 bits per heavy atom. The topological polar surface area (TPSA) is 171 Å². The molecule has 1 aromatic rings. The molecule has 2 bridgehead atoms. The lowest BCUT2D eigenvalue weighted by atomic mass is 10.00. The molecule has 136 valence electrons. The molecule has 14 heteroatoms. The van der Waals surface area contributed by atoms with Gasteiger partial charge in [0.2, 0.25) is 0 Å². The van der Waals surface area contributed by atoms with E-state index in [2.05, 4.69) is 19.9 Å². The molecule has 3 heterocycles. The van der Waals surface area contributed by atoms with E-state index in [0.717, 1.165) is 0 Å². The third-order valence-electron chi connectivity index (χ3n) is 3.91. The van der Waals surface area contributed by atoms with E-state index >= 15 is 0 Å². The van der Waals surface area contributed by atoms with Gasteiger partial charge in [0.15, 0.2) is 5.69 Å². The van der Waals surface area contributed by atoms with Gasteiger partial charge in [-0.3, -0.25) is 19.4 Å². The largest absolute Gasteiger partial charge is 0.418 e. The predicted molar refractivity (Wildman–Crippen MR) is 79.6 cm³/mol. The normalized spacial score (nSPS) is 23.0. The number of aryl methyl sites for hydroxylation is 1. The zero-order valence-electron chi connectivity index (χ0n) is 13.0. The third-order valence-corrected chi connectivity index (χ3v) is 4.26. The molecule has 2 saturated heterocycles. The maximum Gasteiger partial charge on any atom is 0.418 e. The van der Waals surface area contributed by atoms with E-state index in [1.54, 1.807) is 7.05 Å². The summed E-state index contributed by atoms with van der Waals surface area (Å²) in [5, 5.41) is 18.2. The number of hydrogen-bond acceptors (Lipinski definition) is 8. The van der Waals surface area contributed by atoms with Crippen LogP contribution in [0.5, 0.6) is 0 Å². The van der Waals surface area contributed by atoms with Gasteiger partial charge in [-0.2, -0.15) is 13.5 Å². The Kier molecular flexibility index (Phi) is 4.18. The molecule has 25 heavy (non-hydrogen) atoms. The van der Waals surface area contributed by atoms with Crippen molar-refractivity contribution >= 4 is 28.2 Å². The highest BCUT2D eigenvalue weighted by atomic mass is 32.3. The standard InChI is InChI=1S/C11H15N7O6S/c1-16-5-7(14-15-16)10(19)13-9(12)8-3-2-6-4-17(8)11(20)18(6)24-25(21,22)23/h5-6,8H,2-4H2,1H3,(H2,12,13,19)(H,21,22,23). The first-order valence-electron chi connectivity index (χ1n) is 7.18. The van der Waals surface area contributed by atoms with Crippen LogP contribution in [0.3, 0.4) is 0 Å². The van der Waals surface area contributed by atoms with E-state index in [1.807, 2.05) is 0 Å². The van der Waals surface area contributed by atoms with Gasteiger partial charge in [-0.05, 0) is 12.8 Å². The maximum atomic E-state index is 12.3. The number of urea groups is 1. The fourth-order valence-electron chi connectivity index (χ4n) is 2.85. The number of nitrogens with zero attached hydrogens (tertiary/aromatic N) is 5. The molecule has 0 aromatic carbocycles. The number of amidine groups is 1. The zero-order chi connectivity index (χ0) is 18.4. The monoisotopic (exact) mass is 373 g/mol. The second-order valence-corrected chi connectivity index (χ2v) is 6.66. The SMILES string of the molecule is Cn1cc(C(=O)NC(=N)C2CCC3CN2C(=O)N3OS(=O)(=O)O)nn1. The van der Waals surface area contributed by atoms with Crippen LogP contribution >= 0.6 is 0 Å². The predicted octanol–water partition coefficient (Wildman–Crippen LogP) is -1.47. The smallest absolute Gasteiger partial charge is 0.310 e. The molecule has 3 amide bonds. The van der Waals surface area contributed by atoms with Crippen molar-refractivity contribution in [3.8, 4) is 0 Å². The number of amides is 3. The number of aromatic nitrogens is 3. The summed E-state index contributed by atoms with van der Waals surface area (Å²) in [5.41, 5.74) is 0.0185. The van der Waals surface area contributed by atoms with Crippen molar-refractivity contribution in [2.45, 2.75) is 24.9 Å². The van der Waals surface area contributed by atoms with Crippen molar-refractivity contribution < 1.29 is 26.8 Å². The Bertz CT molecular complexity index is 836. The van der Waals surface area contributed by atoms with E-state index in [9.17, 15) is 18.0 Å². The Morgan fingerprint density at radius 2 is 2.20 bits per heavy atom. The first-order chi connectivity index (χ1) is 11.7. The molecule has 13 nitrogen and oxygen atoms in total. The minimum Gasteiger partial charge on any atom is -0.310 e. The molecule has 0 aliphatic carbocycles. The van der Waals surface area contributed by atoms with Gasteiger partial charge in [0.25, 0.3) is 5.91 Å². The van der Waals surface area contributed by atoms with Crippen LogP contribution in [0.25, 0.3) is 0 Å². The number of hydrogen-bond donors (Lipinski definition) is 3. The summed E-state index contributed by atoms with van der Waals surface area (Å²) in [6.07, 6.45) is 2.04. The summed E-state index contributed by atoms with van der Waals surface area (Å²) < 4.78 is 36.1. The van der Waals surface area contributed by atoms with Gasteiger partial charge in [0.05, 0.1) is 18.3 Å². The van der Waals surface area contributed by atoms with Gasteiger partial charge in [0, 0.05) is 13.6 Å². The summed E-state index contributed by atoms with van der Waals surface area (Å²) in [5.74, 6) is -0.867. The third kappa shape index (κ3) is 3.45. The Morgan fingerprint density at radius 3 is 2.80 bits per heavy atom. The first-order valence-corrected chi connectivity index (χ1v) is 8.55. The molecule has 0 radical (unpaired) electrons. The van der Waals surface area contributed by atoms with Gasteiger partial charge in [-0.1, -0.05) is 5.21 Å². The van der Waals surface area contributed by atoms with Crippen molar-refractivity contribution in [1.29, 1.82) is 5.41 Å². The molecule has 2 atom stereocenters. The second kappa shape index (κ2) is 6.05. The highest BCUT2D eigenvalue weighted by Crippen LogP contribution is 2.30. The lowest BCUT2D eigenvalue weighted by molar-refractivity contribution is -0.0316. The molecule has 2 unspecified atom stereocenters. The van der Waals surface area contributed by atoms with Gasteiger partial charge < -0.3 is 10.2 Å². The molecule has 1 aromatic heterocycles. The van der Waals surface area contributed by atoms with Gasteiger partial charge in [0.1, 0.15) is 5.84 Å². The Balaban J connectivity index is 1.69. The van der Waals surface area contributed by atoms with Crippen LogP contribution in [-0.2, 0) is 21.7 Å². The Labute approximate surface area is 141 Å². The fourth-order valence-corrected chi connectivity index (χ4v) is 3.24. The molecule has 2 aliphatic rings. The quantitative estimate of drug-likeness (QED) is 0.326. The molecule has 0 spiro atoms. The van der Waals surface area contributed by atoms with Crippen LogP contribution in [-0.4, -0.2) is 74.3 Å². The highest BCUT2D eigenvalue weighted by molar-refractivity contribution is 7.80. The molecular formula is C11H15N7O6S. The number of nitrogens with one attached hydrogen (secondary N) is 2. The summed E-state index contributed by atoms with van der Waals surface area (Å²) in [7, 11) is -3.25. The first kappa shape index (κ1) is 17.2. The van der Waals surface area contributed by atoms with E-state index in [-0.39, 0.29) is 18.1 Å². The number of piperidine rings is 1. The minimum atomic E-state index is -4.83. The number of carbonyl (C=O) groups excluding carboxylic acids is 2. The van der Waals surface area contributed by atoms with E-state index < -0.39 is 34.4 Å². The molecule has 3 rings (SSSR count). The number of rotatable bonds is 4. The van der Waals surface area contributed by atoms with Crippen LogP contribution in [0.4, 0.5) is 4.79 Å². The highest BCUT2D eigenvalue weighted by Gasteiger charge is 2.48. The van der Waals surface area contributed by atoms with Crippen LogP contribution in [0.1, 0.15) is 23.3 Å². The lowest BCUT2D eigenvalue weighted by Gasteiger charge is -2.30. The zero-order valence-corrected chi connectivity index (χ0v) is 13.8. The van der Waals surface area contributed by atoms with Crippen LogP contribution in [0, 0.1) is 5.41 Å². The van der Waals surface area contributed by atoms with Crippen LogP contribution in [0.15, 0.2) is 6.20 Å². The summed E-state index contributed by atoms with van der Waals surface area (Å²) in [6.45, 7) is 0.114. The average Bonchev–Trinajstić information content (AvgIpc) is 3.05. The van der Waals surface area contributed by atoms with Crippen LogP contribution < -0.4 is 5.32 Å². The van der Waals surface area contributed by atoms with E-state index in [1.165, 1.54) is 15.8 Å². The summed E-state index contributed by atoms with van der Waals surface area (Å²) in [6, 6.07) is -2.11. The maximum absolute atomic E-state index is 12.3. The van der Waals surface area contributed by atoms with Gasteiger partial charge in [-0.15, -0.1) is 9.38 Å². The van der Waals surface area contributed by atoms with Crippen molar-refractivity contribution in [2.24, 2.45) is 7.05 Å². The van der Waals surface area contributed by atoms with E-state index in [0.29, 0.717) is 17.9 Å². The van der Waals surface area contributed by atoms with Gasteiger partial charge >= 0.3 is 16.4 Å². The second-order valence-electron chi connectivity index (χ2n) is 5.66. The lowest BCUT2D eigenvalue weighted by Crippen LogP contribution is -2.50. The minimum absolute atomic E-state index is 0.0185. The summed E-state index contributed by atoms with van der Waals surface area (Å²) in [4.78, 5) is 25.5. The summed E-state index contributed by atoms with van der Waals surface area (Å²) >= 11 is 0. The van der Waals surface area contributed by atoms with E-state index in [4.69, 9.17) is 9.96 Å². The van der Waals surface area contributed by atoms with Crippen LogP contribution in [0.2, 0.25) is 0 Å². The van der Waals surface area contributed by atoms with Crippen molar-refractivity contribution in [3.63, 3.8) is 0 Å². The molecule has 2 aliphatic heterocycles. The number of hydroxylamine groups is 2. The van der Waals surface area contributed by atoms with Gasteiger partial charge in [-0.25, -0.2) is 4.79 Å². The number of carbonyl (C=O) groups is 2. The molecule has 2 fully saturated rings. The fraction of sp³-hybridized carbons (Fsp3) is 0.545. The van der Waals surface area contributed by atoms with Crippen molar-refractivity contribution in [1.82, 2.24) is 30.3 Å². The van der Waals surface area contributed by atoms with Crippen molar-refractivity contribution in [3.05, 3.63) is 11.9 Å². The average molecular weight is 373 g/mol. The molecule has 3 N–H and O–H groups in total.